The van der Waals surface area contributed by atoms with Crippen LogP contribution in [-0.2, 0) is 27.4 Å². The van der Waals surface area contributed by atoms with Gasteiger partial charge in [-0.3, -0.25) is 9.59 Å². The van der Waals surface area contributed by atoms with Crippen molar-refractivity contribution in [2.45, 2.75) is 76.5 Å². The fraction of sp³-hybridized carbons (Fsp3) is 0.545. The van der Waals surface area contributed by atoms with Gasteiger partial charge in [-0.1, -0.05) is 92.8 Å². The smallest absolute Gasteiger partial charge is 0.410 e. The molecule has 0 unspecified atom stereocenters. The molecular formula is C33H50N4O4. The summed E-state index contributed by atoms with van der Waals surface area (Å²) in [5.41, 5.74) is 2.08. The molecule has 0 radical (unpaired) electrons. The van der Waals surface area contributed by atoms with Crippen molar-refractivity contribution < 1.29 is 22.0 Å². The maximum atomic E-state index is 14.0. The number of likely N-dealkylation sites (N-methyl/N-ethyl adjacent to an activating group) is 1. The zero-order valence-corrected chi connectivity index (χ0v) is 24.4. The van der Waals surface area contributed by atoms with E-state index in [0.717, 1.165) is 36.8 Å². The number of carbonyl (C=O) groups is 3. The van der Waals surface area contributed by atoms with Gasteiger partial charge in [-0.25, -0.2) is 4.79 Å². The number of rotatable bonds is 13. The summed E-state index contributed by atoms with van der Waals surface area (Å²) in [6.45, 7) is 1.93. The molecule has 1 saturated heterocycles. The molecule has 1 heterocycles. The Labute approximate surface area is 247 Å². The lowest BCUT2D eigenvalue weighted by molar-refractivity contribution is -0.137. The molecule has 2 aromatic carbocycles. The van der Waals surface area contributed by atoms with Crippen LogP contribution in [0.3, 0.4) is 0 Å². The van der Waals surface area contributed by atoms with Crippen LogP contribution in [0.5, 0.6) is 0 Å². The molecule has 1 saturated carbocycles. The van der Waals surface area contributed by atoms with Gasteiger partial charge in [0.2, 0.25) is 11.8 Å². The minimum atomic E-state index is -0.539. The zero-order valence-electron chi connectivity index (χ0n) is 24.4. The van der Waals surface area contributed by atoms with E-state index >= 15 is 0 Å². The first-order chi connectivity index (χ1) is 20.0. The summed E-state index contributed by atoms with van der Waals surface area (Å²) in [4.78, 5) is 43.5. The molecule has 1 aliphatic carbocycles. The molecule has 3 amide bonds. The molecule has 2 aromatic rings. The molecule has 2 N–H and O–H groups in total. The van der Waals surface area contributed by atoms with Crippen LogP contribution in [0.25, 0.3) is 0 Å². The van der Waals surface area contributed by atoms with Gasteiger partial charge in [0.05, 0.1) is 6.54 Å². The third-order valence-electron chi connectivity index (χ3n) is 8.33. The van der Waals surface area contributed by atoms with Crippen molar-refractivity contribution in [2.75, 3.05) is 33.2 Å². The van der Waals surface area contributed by atoms with Gasteiger partial charge in [-0.2, -0.15) is 0 Å². The second kappa shape index (κ2) is 16.2. The number of nitrogens with zero attached hydrogens (tertiary/aromatic N) is 2. The van der Waals surface area contributed by atoms with Gasteiger partial charge in [0.25, 0.3) is 0 Å². The molecule has 41 heavy (non-hydrogen) atoms. The highest BCUT2D eigenvalue weighted by molar-refractivity contribution is 5.88. The molecule has 0 bridgehead atoms. The van der Waals surface area contributed by atoms with Crippen LogP contribution < -0.4 is 10.6 Å². The van der Waals surface area contributed by atoms with Crippen LogP contribution in [-0.4, -0.2) is 73.0 Å². The highest BCUT2D eigenvalue weighted by atomic mass is 16.6. The number of hydrogen-bond acceptors (Lipinski definition) is 5. The van der Waals surface area contributed by atoms with Crippen LogP contribution in [0.1, 0.15) is 65.3 Å². The number of carbonyl (C=O) groups excluding carboxylic acids is 3. The Kier molecular flexibility index (Phi) is 12.0. The Hall–Kier alpha value is -3.39. The van der Waals surface area contributed by atoms with Crippen LogP contribution >= 0.6 is 0 Å². The Morgan fingerprint density at radius 3 is 2.32 bits per heavy atom. The lowest BCUT2D eigenvalue weighted by atomic mass is 9.84. The van der Waals surface area contributed by atoms with Gasteiger partial charge in [0.15, 0.2) is 0 Å². The van der Waals surface area contributed by atoms with Gasteiger partial charge in [-0.15, -0.1) is 0 Å². The zero-order chi connectivity index (χ0) is 28.9. The molecule has 0 spiro atoms. The summed E-state index contributed by atoms with van der Waals surface area (Å²) in [5, 5.41) is 5.91. The summed E-state index contributed by atoms with van der Waals surface area (Å²) >= 11 is 0. The number of hydrogen-bond donors (Lipinski definition) is 2. The number of ether oxygens (including phenoxy) is 1. The van der Waals surface area contributed by atoms with E-state index in [4.69, 9.17) is 4.74 Å². The van der Waals surface area contributed by atoms with E-state index in [-0.39, 0.29) is 40.0 Å². The van der Waals surface area contributed by atoms with Crippen molar-refractivity contribution >= 4 is 17.9 Å². The molecule has 8 nitrogen and oxygen atoms in total. The Bertz CT molecular complexity index is 1100. The van der Waals surface area contributed by atoms with E-state index in [2.05, 4.69) is 22.8 Å². The number of benzene rings is 2. The summed E-state index contributed by atoms with van der Waals surface area (Å²) in [6, 6.07) is 19.1. The fourth-order valence-corrected chi connectivity index (χ4v) is 6.13. The Morgan fingerprint density at radius 1 is 0.951 bits per heavy atom. The summed E-state index contributed by atoms with van der Waals surface area (Å²) in [6.07, 6.45) is 8.53. The van der Waals surface area contributed by atoms with Crippen molar-refractivity contribution in [3.63, 3.8) is 0 Å². The van der Waals surface area contributed by atoms with Crippen LogP contribution in [0.4, 0.5) is 4.79 Å². The Balaban J connectivity index is 0.00000323. The first-order valence-corrected chi connectivity index (χ1v) is 15.3. The number of likely N-dealkylation sites (tertiary alicyclic amines) is 1. The average molecular weight is 567 g/mol. The predicted molar refractivity (Wildman–Crippen MR) is 164 cm³/mol. The molecular weight excluding hydrogens is 516 g/mol. The second-order valence-electron chi connectivity index (χ2n) is 11.4. The highest BCUT2D eigenvalue weighted by Crippen LogP contribution is 2.29. The second-order valence-corrected chi connectivity index (χ2v) is 11.4. The average Bonchev–Trinajstić information content (AvgIpc) is 3.47. The van der Waals surface area contributed by atoms with E-state index in [9.17, 15) is 14.4 Å². The van der Waals surface area contributed by atoms with Gasteiger partial charge in [0, 0.05) is 28.5 Å². The molecule has 2 aliphatic rings. The van der Waals surface area contributed by atoms with Gasteiger partial charge in [-0.05, 0) is 49.8 Å². The van der Waals surface area contributed by atoms with E-state index in [0.29, 0.717) is 38.4 Å². The van der Waals surface area contributed by atoms with Crippen LogP contribution in [0, 0.1) is 5.92 Å². The quantitative estimate of drug-likeness (QED) is 0.355. The lowest BCUT2D eigenvalue weighted by Crippen LogP contribution is -2.54. The maximum absolute atomic E-state index is 14.0. The van der Waals surface area contributed by atoms with Crippen molar-refractivity contribution in [1.82, 2.24) is 20.4 Å². The molecule has 4 rings (SSSR count). The summed E-state index contributed by atoms with van der Waals surface area (Å²) < 4.78 is 5.73. The standard InChI is InChI=1S/C33H46N4O4.2H2/c1-34-23-31(38)35-30(22-27-14-7-3-8-15-27)32(39)37-20-11-18-29(37)24-36(21-19-26-12-5-2-6-13-26)33(40)41-25-28-16-9-4-10-17-28;;/h2,4-6,9-10,12-13,16-17,27,29-30,34H,3,7-8,11,14-15,18-25H2,1H3,(H,35,38);2*1H/t29-,30-;;/m0../s1. The molecule has 8 heteroatoms. The lowest BCUT2D eigenvalue weighted by Gasteiger charge is -2.34. The van der Waals surface area contributed by atoms with E-state index in [1.165, 1.54) is 19.3 Å². The normalized spacial score (nSPS) is 18.1. The molecule has 2 atom stereocenters. The summed E-state index contributed by atoms with van der Waals surface area (Å²) in [7, 11) is 1.73. The fourth-order valence-electron chi connectivity index (χ4n) is 6.13. The first-order valence-electron chi connectivity index (χ1n) is 15.3. The van der Waals surface area contributed by atoms with E-state index < -0.39 is 6.04 Å². The summed E-state index contributed by atoms with van der Waals surface area (Å²) in [5.74, 6) is 0.263. The van der Waals surface area contributed by atoms with Crippen molar-refractivity contribution in [2.24, 2.45) is 5.92 Å². The van der Waals surface area contributed by atoms with Crippen molar-refractivity contribution in [3.8, 4) is 0 Å². The van der Waals surface area contributed by atoms with Crippen molar-refractivity contribution in [1.29, 1.82) is 0 Å². The largest absolute Gasteiger partial charge is 0.445 e. The molecule has 1 aliphatic heterocycles. The first kappa shape index (κ1) is 30.6. The topological polar surface area (TPSA) is 91.0 Å². The van der Waals surface area contributed by atoms with Gasteiger partial charge >= 0.3 is 6.09 Å². The minimum Gasteiger partial charge on any atom is -0.445 e. The molecule has 2 fully saturated rings. The highest BCUT2D eigenvalue weighted by Gasteiger charge is 2.36. The van der Waals surface area contributed by atoms with Crippen LogP contribution in [0.2, 0.25) is 0 Å². The van der Waals surface area contributed by atoms with Gasteiger partial charge < -0.3 is 25.2 Å². The Morgan fingerprint density at radius 2 is 1.63 bits per heavy atom. The van der Waals surface area contributed by atoms with Crippen LogP contribution in [0.15, 0.2) is 60.7 Å². The van der Waals surface area contributed by atoms with E-state index in [1.54, 1.807) is 11.9 Å². The third kappa shape index (κ3) is 9.59. The molecule has 226 valence electrons. The number of nitrogens with one attached hydrogen (secondary N) is 2. The van der Waals surface area contributed by atoms with Gasteiger partial charge in [0.1, 0.15) is 12.6 Å². The van der Waals surface area contributed by atoms with E-state index in [1.807, 2.05) is 53.4 Å². The SMILES string of the molecule is CNCC(=O)N[C@@H](CC1CCCCC1)C(=O)N1CCC[C@H]1CN(CCc1ccccc1)C(=O)OCc1ccccc1.[HH].[HH]. The maximum Gasteiger partial charge on any atom is 0.410 e. The predicted octanol–water partition coefficient (Wildman–Crippen LogP) is 5.03. The number of amides is 3. The third-order valence-corrected chi connectivity index (χ3v) is 8.33. The van der Waals surface area contributed by atoms with Crippen molar-refractivity contribution in [3.05, 3.63) is 71.8 Å². The molecule has 0 aromatic heterocycles. The monoisotopic (exact) mass is 566 g/mol. The minimum absolute atomic E-state index is 0.